The summed E-state index contributed by atoms with van der Waals surface area (Å²) in [5.74, 6) is -1.16. The smallest absolute Gasteiger partial charge is 0.409 e. The monoisotopic (exact) mass is 762 g/mol. The largest absolute Gasteiger partial charge is 0.489 e. The van der Waals surface area contributed by atoms with E-state index in [2.05, 4.69) is 19.2 Å². The molecule has 1 saturated carbocycles. The van der Waals surface area contributed by atoms with Crippen molar-refractivity contribution in [2.45, 2.75) is 102 Å². The molecule has 0 spiro atoms. The van der Waals surface area contributed by atoms with Gasteiger partial charge in [-0.3, -0.25) is 0 Å². The van der Waals surface area contributed by atoms with Crippen LogP contribution < -0.4 is 9.47 Å². The molecule has 0 aromatic heterocycles. The molecule has 1 fully saturated rings. The molecule has 1 amide bonds. The number of carbonyl (C=O) groups excluding carboxylic acids is 1. The molecular weight excluding hydrogens is 703 g/mol. The second-order valence-corrected chi connectivity index (χ2v) is 15.7. The van der Waals surface area contributed by atoms with Gasteiger partial charge in [0.2, 0.25) is 5.79 Å². The first-order chi connectivity index (χ1) is 26.5. The average Bonchev–Trinajstić information content (AvgIpc) is 3.16. The highest BCUT2D eigenvalue weighted by atomic mass is 19.1. The molecule has 1 heterocycles. The minimum Gasteiger partial charge on any atom is -0.489 e. The summed E-state index contributed by atoms with van der Waals surface area (Å²) in [6.45, 7) is 14.1. The van der Waals surface area contributed by atoms with Gasteiger partial charge in [0, 0.05) is 43.7 Å². The van der Waals surface area contributed by atoms with Crippen molar-refractivity contribution in [3.63, 3.8) is 0 Å². The maximum Gasteiger partial charge on any atom is 0.409 e. The van der Waals surface area contributed by atoms with Crippen LogP contribution in [0.2, 0.25) is 0 Å². The number of halogens is 1. The van der Waals surface area contributed by atoms with Gasteiger partial charge < -0.3 is 38.9 Å². The standard InChI is InChI=1S/C44H59FN2O8/c1-7-9-25-51-42(50)47(6)39-28-37(46-55-43(3,4)5)34-26-30(16-12-14-22-48)33(18-13-15-23-49)40-35-27-32(52-29-31-17-10-11-19-36(31)45)20-21-38(35)54-44(39,41(34)40)53-24-8-2/h7-8,10-11,17,19-21,26-27,30,33,39-41,48-49H,1-2,9,12-16,18,22-25,28-29H2,3-6H3. The molecule has 0 bridgehead atoms. The molecular formula is C44H59FN2O8. The maximum absolute atomic E-state index is 14.6. The first-order valence-electron chi connectivity index (χ1n) is 19.6. The number of aliphatic hydroxyl groups is 2. The number of hydrogen-bond acceptors (Lipinski definition) is 9. The number of fused-ring (bicyclic) bond motifs is 2. The normalized spacial score (nSPS) is 24.8. The van der Waals surface area contributed by atoms with E-state index < -0.39 is 29.4 Å². The summed E-state index contributed by atoms with van der Waals surface area (Å²) in [5.41, 5.74) is 2.39. The summed E-state index contributed by atoms with van der Waals surface area (Å²) >= 11 is 0. The molecule has 1 aliphatic heterocycles. The molecule has 6 unspecified atom stereocenters. The minimum atomic E-state index is -1.40. The predicted octanol–water partition coefficient (Wildman–Crippen LogP) is 8.48. The lowest BCUT2D eigenvalue weighted by Crippen LogP contribution is -2.69. The number of unbranched alkanes of at least 4 members (excludes halogenated alkanes) is 2. The van der Waals surface area contributed by atoms with Gasteiger partial charge in [-0.2, -0.15) is 0 Å². The Morgan fingerprint density at radius 1 is 1.07 bits per heavy atom. The second-order valence-electron chi connectivity index (χ2n) is 15.7. The van der Waals surface area contributed by atoms with E-state index in [4.69, 9.17) is 28.9 Å². The van der Waals surface area contributed by atoms with Crippen LogP contribution in [0.5, 0.6) is 11.5 Å². The van der Waals surface area contributed by atoms with Gasteiger partial charge in [-0.1, -0.05) is 54.4 Å². The lowest BCUT2D eigenvalue weighted by molar-refractivity contribution is -0.253. The Morgan fingerprint density at radius 3 is 2.51 bits per heavy atom. The van der Waals surface area contributed by atoms with E-state index in [0.717, 1.165) is 36.8 Å². The van der Waals surface area contributed by atoms with Gasteiger partial charge in [0.05, 0.1) is 24.8 Å². The fourth-order valence-electron chi connectivity index (χ4n) is 8.24. The summed E-state index contributed by atoms with van der Waals surface area (Å²) < 4.78 is 40.6. The average molecular weight is 763 g/mol. The number of benzene rings is 2. The number of oxime groups is 1. The van der Waals surface area contributed by atoms with Gasteiger partial charge in [-0.15, -0.1) is 13.2 Å². The Labute approximate surface area is 325 Å². The zero-order chi connectivity index (χ0) is 39.6. The van der Waals surface area contributed by atoms with Gasteiger partial charge >= 0.3 is 6.09 Å². The number of aliphatic hydroxyl groups excluding tert-OH is 2. The number of hydrogen-bond donors (Lipinski definition) is 2. The highest BCUT2D eigenvalue weighted by molar-refractivity contribution is 6.03. The molecule has 0 saturated heterocycles. The summed E-state index contributed by atoms with van der Waals surface area (Å²) in [5, 5.41) is 24.5. The van der Waals surface area contributed by atoms with Gasteiger partial charge in [0.1, 0.15) is 35.6 Å². The van der Waals surface area contributed by atoms with E-state index in [0.29, 0.717) is 42.0 Å². The molecule has 3 aliphatic rings. The van der Waals surface area contributed by atoms with Crippen molar-refractivity contribution in [1.29, 1.82) is 0 Å². The fraction of sp³-hybridized carbons (Fsp3) is 0.545. The van der Waals surface area contributed by atoms with E-state index in [-0.39, 0.29) is 63.0 Å². The molecule has 2 aliphatic carbocycles. The molecule has 2 N–H and O–H groups in total. The van der Waals surface area contributed by atoms with Gasteiger partial charge in [-0.25, -0.2) is 9.18 Å². The molecule has 2 aromatic carbocycles. The second kappa shape index (κ2) is 19.1. The van der Waals surface area contributed by atoms with E-state index in [1.807, 2.05) is 39.0 Å². The SMILES string of the molecule is C=CCCOC(=O)N(C)C1CC(=NOC(C)(C)C)C2=CC(CCCCO)C(CCCCO)C3c4cc(OCc5ccccc5F)ccc4OC1(OCC=C)C23. The van der Waals surface area contributed by atoms with E-state index >= 15 is 0 Å². The quantitative estimate of drug-likeness (QED) is 0.0832. The maximum atomic E-state index is 14.6. The third kappa shape index (κ3) is 9.80. The van der Waals surface area contributed by atoms with E-state index in [1.54, 1.807) is 42.3 Å². The zero-order valence-corrected chi connectivity index (χ0v) is 32.9. The summed E-state index contributed by atoms with van der Waals surface area (Å²) in [7, 11) is 1.70. The van der Waals surface area contributed by atoms with Crippen molar-refractivity contribution in [2.24, 2.45) is 22.9 Å². The number of likely N-dealkylation sites (N-methyl/N-ethyl adjacent to an activating group) is 1. The Kier molecular flexibility index (Phi) is 14.6. The highest BCUT2D eigenvalue weighted by Crippen LogP contribution is 2.62. The molecule has 0 radical (unpaired) electrons. The zero-order valence-electron chi connectivity index (χ0n) is 32.9. The van der Waals surface area contributed by atoms with Crippen molar-refractivity contribution < 1.29 is 43.2 Å². The van der Waals surface area contributed by atoms with Crippen molar-refractivity contribution >= 4 is 11.8 Å². The number of rotatable bonds is 19. The van der Waals surface area contributed by atoms with Gasteiger partial charge in [0.25, 0.3) is 0 Å². The van der Waals surface area contributed by atoms with Crippen molar-refractivity contribution in [1.82, 2.24) is 4.90 Å². The third-order valence-electron chi connectivity index (χ3n) is 10.7. The van der Waals surface area contributed by atoms with Crippen LogP contribution in [-0.2, 0) is 20.9 Å². The number of allylic oxidation sites excluding steroid dienone is 1. The molecule has 55 heavy (non-hydrogen) atoms. The van der Waals surface area contributed by atoms with Crippen LogP contribution in [0, 0.1) is 23.6 Å². The Bertz CT molecular complexity index is 1690. The number of carbonyl (C=O) groups is 1. The van der Waals surface area contributed by atoms with Crippen molar-refractivity contribution in [2.75, 3.05) is 33.5 Å². The molecule has 10 nitrogen and oxygen atoms in total. The van der Waals surface area contributed by atoms with Crippen LogP contribution in [-0.4, -0.2) is 77.8 Å². The molecule has 300 valence electrons. The summed E-state index contributed by atoms with van der Waals surface area (Å²) in [6.07, 6.45) is 10.4. The fourth-order valence-corrected chi connectivity index (χ4v) is 8.24. The van der Waals surface area contributed by atoms with Crippen LogP contribution in [0.3, 0.4) is 0 Å². The number of ether oxygens (including phenoxy) is 4. The van der Waals surface area contributed by atoms with Crippen LogP contribution in [0.4, 0.5) is 9.18 Å². The predicted molar refractivity (Wildman–Crippen MR) is 210 cm³/mol. The minimum absolute atomic E-state index is 0.0450. The van der Waals surface area contributed by atoms with Crippen LogP contribution in [0.1, 0.15) is 89.2 Å². The van der Waals surface area contributed by atoms with E-state index in [9.17, 15) is 19.4 Å². The molecule has 2 aromatic rings. The Morgan fingerprint density at radius 2 is 1.82 bits per heavy atom. The van der Waals surface area contributed by atoms with Crippen molar-refractivity contribution in [3.05, 3.63) is 96.4 Å². The van der Waals surface area contributed by atoms with Crippen LogP contribution >= 0.6 is 0 Å². The number of nitrogens with zero attached hydrogens (tertiary/aromatic N) is 2. The van der Waals surface area contributed by atoms with Crippen molar-refractivity contribution in [3.8, 4) is 11.5 Å². The third-order valence-corrected chi connectivity index (χ3v) is 10.7. The Hall–Kier alpha value is -4.19. The van der Waals surface area contributed by atoms with Gasteiger partial charge in [-0.05, 0) is 94.5 Å². The highest BCUT2D eigenvalue weighted by Gasteiger charge is 2.65. The topological polar surface area (TPSA) is 119 Å². The van der Waals surface area contributed by atoms with Crippen LogP contribution in [0.25, 0.3) is 0 Å². The lowest BCUT2D eigenvalue weighted by Gasteiger charge is -2.59. The Balaban J connectivity index is 1.73. The summed E-state index contributed by atoms with van der Waals surface area (Å²) in [6, 6.07) is 11.5. The van der Waals surface area contributed by atoms with Crippen LogP contribution in [0.15, 0.2) is 84.6 Å². The first-order valence-corrected chi connectivity index (χ1v) is 19.6. The first kappa shape index (κ1) is 42.0. The number of amides is 1. The van der Waals surface area contributed by atoms with E-state index in [1.165, 1.54) is 6.07 Å². The molecule has 11 heteroatoms. The molecule has 6 atom stereocenters. The molecule has 5 rings (SSSR count). The summed E-state index contributed by atoms with van der Waals surface area (Å²) in [4.78, 5) is 21.5. The van der Waals surface area contributed by atoms with Gasteiger partial charge in [0.15, 0.2) is 0 Å². The lowest BCUT2D eigenvalue weighted by atomic mass is 9.55.